The molecule has 0 aliphatic heterocycles. The molecular weight excluding hydrogens is 272 g/mol. The lowest BCUT2D eigenvalue weighted by Crippen LogP contribution is -2.31. The molecule has 1 aromatic rings. The van der Waals surface area contributed by atoms with Crippen LogP contribution in [0.2, 0.25) is 0 Å². The van der Waals surface area contributed by atoms with Crippen molar-refractivity contribution < 1.29 is 9.59 Å². The average molecular weight is 285 g/mol. The van der Waals surface area contributed by atoms with Crippen LogP contribution in [0, 0.1) is 5.92 Å². The summed E-state index contributed by atoms with van der Waals surface area (Å²) in [6.07, 6.45) is 1.54. The first-order chi connectivity index (χ1) is 7.50. The first-order valence-corrected chi connectivity index (χ1v) is 5.72. The van der Waals surface area contributed by atoms with E-state index in [0.29, 0.717) is 5.69 Å². The predicted octanol–water partition coefficient (Wildman–Crippen LogP) is 1.80. The number of Topliss-reactive ketones (excluding diaryl/α,β-unsaturated/α-hetero) is 1. The lowest BCUT2D eigenvalue weighted by molar-refractivity contribution is -0.120. The van der Waals surface area contributed by atoms with Gasteiger partial charge >= 0.3 is 0 Å². The third-order valence-electron chi connectivity index (χ3n) is 2.03. The second kappa shape index (κ2) is 5.75. The normalized spacial score (nSPS) is 10.2. The van der Waals surface area contributed by atoms with Gasteiger partial charge in [0.1, 0.15) is 5.69 Å². The number of ketones is 1. The summed E-state index contributed by atoms with van der Waals surface area (Å²) in [7, 11) is 0. The largest absolute Gasteiger partial charge is 0.344 e. The van der Waals surface area contributed by atoms with E-state index in [1.54, 1.807) is 32.2 Å². The van der Waals surface area contributed by atoms with Gasteiger partial charge in [0.15, 0.2) is 5.78 Å². The van der Waals surface area contributed by atoms with Crippen LogP contribution in [0.1, 0.15) is 24.3 Å². The average Bonchev–Trinajstić information content (AvgIpc) is 2.26. The van der Waals surface area contributed by atoms with E-state index in [-0.39, 0.29) is 24.2 Å². The van der Waals surface area contributed by atoms with Gasteiger partial charge in [0.2, 0.25) is 0 Å². The number of pyridine rings is 1. The molecule has 0 saturated heterocycles. The van der Waals surface area contributed by atoms with Gasteiger partial charge < -0.3 is 5.32 Å². The second-order valence-electron chi connectivity index (χ2n) is 3.67. The van der Waals surface area contributed by atoms with Gasteiger partial charge in [-0.05, 0) is 28.1 Å². The third-order valence-corrected chi connectivity index (χ3v) is 2.50. The Morgan fingerprint density at radius 1 is 1.44 bits per heavy atom. The molecule has 1 aromatic heterocycles. The fourth-order valence-electron chi connectivity index (χ4n) is 0.972. The lowest BCUT2D eigenvalue weighted by atomic mass is 10.1. The van der Waals surface area contributed by atoms with Crippen molar-refractivity contribution in [3.8, 4) is 0 Å². The number of hydrogen-bond donors (Lipinski definition) is 1. The molecule has 1 heterocycles. The summed E-state index contributed by atoms with van der Waals surface area (Å²) in [5.41, 5.74) is 0.305. The number of carbonyl (C=O) groups is 2. The maximum atomic E-state index is 11.5. The Morgan fingerprint density at radius 3 is 2.62 bits per heavy atom. The Balaban J connectivity index is 2.53. The number of hydrogen-bond acceptors (Lipinski definition) is 3. The quantitative estimate of drug-likeness (QED) is 0.917. The summed E-state index contributed by atoms with van der Waals surface area (Å²) >= 11 is 3.23. The molecule has 0 spiro atoms. The maximum Gasteiger partial charge on any atom is 0.270 e. The van der Waals surface area contributed by atoms with E-state index < -0.39 is 0 Å². The van der Waals surface area contributed by atoms with E-state index in [4.69, 9.17) is 0 Å². The van der Waals surface area contributed by atoms with E-state index in [1.165, 1.54) is 0 Å². The van der Waals surface area contributed by atoms with E-state index >= 15 is 0 Å². The van der Waals surface area contributed by atoms with Gasteiger partial charge in [-0.3, -0.25) is 9.59 Å². The summed E-state index contributed by atoms with van der Waals surface area (Å²) in [5, 5.41) is 2.53. The Kier molecular flexibility index (Phi) is 4.61. The van der Waals surface area contributed by atoms with Crippen LogP contribution >= 0.6 is 15.9 Å². The van der Waals surface area contributed by atoms with Crippen LogP contribution < -0.4 is 5.32 Å². The molecule has 0 radical (unpaired) electrons. The van der Waals surface area contributed by atoms with Gasteiger partial charge in [-0.25, -0.2) is 4.98 Å². The highest BCUT2D eigenvalue weighted by atomic mass is 79.9. The van der Waals surface area contributed by atoms with Crippen molar-refractivity contribution in [2.45, 2.75) is 13.8 Å². The van der Waals surface area contributed by atoms with Gasteiger partial charge in [-0.2, -0.15) is 0 Å². The zero-order chi connectivity index (χ0) is 12.1. The molecular formula is C11H13BrN2O2. The molecule has 16 heavy (non-hydrogen) atoms. The molecule has 0 aliphatic rings. The number of nitrogens with one attached hydrogen (secondary N) is 1. The van der Waals surface area contributed by atoms with Crippen molar-refractivity contribution >= 4 is 27.6 Å². The molecule has 86 valence electrons. The maximum absolute atomic E-state index is 11.5. The minimum absolute atomic E-state index is 0.00506. The smallest absolute Gasteiger partial charge is 0.270 e. The lowest BCUT2D eigenvalue weighted by Gasteiger charge is -2.05. The number of amides is 1. The minimum atomic E-state index is -0.332. The molecule has 0 bridgehead atoms. The molecule has 1 N–H and O–H groups in total. The molecule has 1 amide bonds. The highest BCUT2D eigenvalue weighted by Crippen LogP contribution is 2.07. The van der Waals surface area contributed by atoms with Crippen molar-refractivity contribution in [2.24, 2.45) is 5.92 Å². The monoisotopic (exact) mass is 284 g/mol. The number of halogens is 1. The van der Waals surface area contributed by atoms with Crippen LogP contribution in [0.15, 0.2) is 22.8 Å². The Morgan fingerprint density at radius 2 is 2.12 bits per heavy atom. The topological polar surface area (TPSA) is 59.1 Å². The molecule has 5 heteroatoms. The first-order valence-electron chi connectivity index (χ1n) is 4.93. The number of nitrogens with zero attached hydrogens (tertiary/aromatic N) is 1. The van der Waals surface area contributed by atoms with E-state index in [2.05, 4.69) is 26.2 Å². The van der Waals surface area contributed by atoms with Crippen LogP contribution in [0.3, 0.4) is 0 Å². The van der Waals surface area contributed by atoms with Crippen molar-refractivity contribution in [1.82, 2.24) is 10.3 Å². The molecule has 0 saturated carbocycles. The fraction of sp³-hybridized carbons (Fsp3) is 0.364. The summed E-state index contributed by atoms with van der Waals surface area (Å²) in [4.78, 5) is 26.8. The number of aromatic nitrogens is 1. The van der Waals surface area contributed by atoms with E-state index in [0.717, 1.165) is 4.47 Å². The highest BCUT2D eigenvalue weighted by molar-refractivity contribution is 9.10. The SMILES string of the molecule is CC(C)C(=O)CNC(=O)c1ccc(Br)cn1. The molecule has 1 rings (SSSR count). The van der Waals surface area contributed by atoms with Crippen LogP contribution in [0.5, 0.6) is 0 Å². The number of rotatable bonds is 4. The number of carbonyl (C=O) groups excluding carboxylic acids is 2. The zero-order valence-electron chi connectivity index (χ0n) is 9.16. The third kappa shape index (κ3) is 3.73. The van der Waals surface area contributed by atoms with Crippen LogP contribution in [0.25, 0.3) is 0 Å². The molecule has 0 unspecified atom stereocenters. The van der Waals surface area contributed by atoms with Crippen molar-refractivity contribution in [1.29, 1.82) is 0 Å². The molecule has 0 aliphatic carbocycles. The van der Waals surface area contributed by atoms with Crippen LogP contribution in [0.4, 0.5) is 0 Å². The molecule has 0 aromatic carbocycles. The second-order valence-corrected chi connectivity index (χ2v) is 4.58. The summed E-state index contributed by atoms with van der Waals surface area (Å²) in [6, 6.07) is 3.32. The van der Waals surface area contributed by atoms with Gasteiger partial charge in [0.25, 0.3) is 5.91 Å². The Labute approximate surface area is 103 Å². The van der Waals surface area contributed by atoms with Crippen molar-refractivity contribution in [3.05, 3.63) is 28.5 Å². The fourth-order valence-corrected chi connectivity index (χ4v) is 1.21. The Hall–Kier alpha value is -1.23. The summed E-state index contributed by atoms with van der Waals surface area (Å²) < 4.78 is 0.808. The molecule has 0 fully saturated rings. The van der Waals surface area contributed by atoms with Crippen LogP contribution in [-0.2, 0) is 4.79 Å². The summed E-state index contributed by atoms with van der Waals surface area (Å²) in [5.74, 6) is -0.398. The van der Waals surface area contributed by atoms with Crippen molar-refractivity contribution in [3.63, 3.8) is 0 Å². The van der Waals surface area contributed by atoms with Gasteiger partial charge in [-0.15, -0.1) is 0 Å². The van der Waals surface area contributed by atoms with Crippen LogP contribution in [-0.4, -0.2) is 23.2 Å². The molecule has 0 atom stereocenters. The van der Waals surface area contributed by atoms with Gasteiger partial charge in [-0.1, -0.05) is 13.8 Å². The highest BCUT2D eigenvalue weighted by Gasteiger charge is 2.11. The predicted molar refractivity (Wildman–Crippen MR) is 64.1 cm³/mol. The van der Waals surface area contributed by atoms with Gasteiger partial charge in [0.05, 0.1) is 6.54 Å². The van der Waals surface area contributed by atoms with Gasteiger partial charge in [0, 0.05) is 16.6 Å². The first kappa shape index (κ1) is 12.8. The molecule has 4 nitrogen and oxygen atoms in total. The Bertz CT molecular complexity index is 387. The van der Waals surface area contributed by atoms with Crippen molar-refractivity contribution in [2.75, 3.05) is 6.54 Å². The standard InChI is InChI=1S/C11H13BrN2O2/c1-7(2)10(15)6-14-11(16)9-4-3-8(12)5-13-9/h3-5,7H,6H2,1-2H3,(H,14,16). The van der Waals surface area contributed by atoms with E-state index in [1.807, 2.05) is 0 Å². The summed E-state index contributed by atoms with van der Waals surface area (Å²) in [6.45, 7) is 3.65. The zero-order valence-corrected chi connectivity index (χ0v) is 10.7. The van der Waals surface area contributed by atoms with E-state index in [9.17, 15) is 9.59 Å². The minimum Gasteiger partial charge on any atom is -0.344 e.